The normalized spacial score (nSPS) is 13.3. The summed E-state index contributed by atoms with van der Waals surface area (Å²) in [5.41, 5.74) is 12.9. The number of hydrogen-bond donors (Lipinski definition) is 0. The highest BCUT2D eigenvalue weighted by molar-refractivity contribution is 6.23. The molecule has 0 N–H and O–H groups in total. The molecule has 0 saturated carbocycles. The van der Waals surface area contributed by atoms with Crippen molar-refractivity contribution in [2.24, 2.45) is 0 Å². The van der Waals surface area contributed by atoms with Gasteiger partial charge in [-0.25, -0.2) is 0 Å². The smallest absolute Gasteiger partial charge is 0.0159 e. The Hall–Kier alpha value is -5.98. The van der Waals surface area contributed by atoms with Gasteiger partial charge < -0.3 is 0 Å². The predicted molar refractivity (Wildman–Crippen MR) is 210 cm³/mol. The summed E-state index contributed by atoms with van der Waals surface area (Å²) in [5, 5.41) is 10.4. The summed E-state index contributed by atoms with van der Waals surface area (Å²) in [5.74, 6) is 0. The van der Waals surface area contributed by atoms with Crippen molar-refractivity contribution >= 4 is 43.1 Å². The zero-order chi connectivity index (χ0) is 32.7. The minimum Gasteiger partial charge on any atom is -0.0616 e. The SMILES string of the molecule is CC1(C)c2cc(-c3cccc(-c4cc5ccc6ccccc6c5c5ccccc45)c3)ccc2-c2ccc(-c3cccc4ccccc34)cc21. The van der Waals surface area contributed by atoms with Gasteiger partial charge in [-0.05, 0) is 123 Å². The maximum Gasteiger partial charge on any atom is 0.0159 e. The van der Waals surface area contributed by atoms with Gasteiger partial charge >= 0.3 is 0 Å². The molecular formula is C49H34. The lowest BCUT2D eigenvalue weighted by molar-refractivity contribution is 0.661. The molecule has 0 heterocycles. The Morgan fingerprint density at radius 2 is 0.837 bits per heavy atom. The first-order valence-electron chi connectivity index (χ1n) is 17.3. The van der Waals surface area contributed by atoms with E-state index in [1.807, 2.05) is 0 Å². The molecule has 0 spiro atoms. The van der Waals surface area contributed by atoms with Crippen molar-refractivity contribution in [1.29, 1.82) is 0 Å². The summed E-state index contributed by atoms with van der Waals surface area (Å²) < 4.78 is 0. The Kier molecular flexibility index (Phi) is 6.02. The first-order chi connectivity index (χ1) is 24.0. The summed E-state index contributed by atoms with van der Waals surface area (Å²) >= 11 is 0. The Balaban J connectivity index is 1.07. The highest BCUT2D eigenvalue weighted by atomic mass is 14.4. The highest BCUT2D eigenvalue weighted by Gasteiger charge is 2.36. The maximum atomic E-state index is 2.44. The molecule has 0 heteroatoms. The van der Waals surface area contributed by atoms with E-state index in [1.165, 1.54) is 98.7 Å². The summed E-state index contributed by atoms with van der Waals surface area (Å²) in [6, 6.07) is 63.2. The highest BCUT2D eigenvalue weighted by Crippen LogP contribution is 2.51. The van der Waals surface area contributed by atoms with Gasteiger partial charge in [0.25, 0.3) is 0 Å². The monoisotopic (exact) mass is 622 g/mol. The lowest BCUT2D eigenvalue weighted by atomic mass is 9.80. The van der Waals surface area contributed by atoms with Gasteiger partial charge in [-0.3, -0.25) is 0 Å². The molecule has 9 aromatic rings. The molecule has 0 atom stereocenters. The van der Waals surface area contributed by atoms with E-state index in [0.717, 1.165) is 0 Å². The second-order valence-corrected chi connectivity index (χ2v) is 14.1. The van der Waals surface area contributed by atoms with Crippen LogP contribution in [0, 0.1) is 0 Å². The Morgan fingerprint density at radius 3 is 1.63 bits per heavy atom. The number of fused-ring (bicyclic) bond motifs is 9. The number of benzene rings is 9. The largest absolute Gasteiger partial charge is 0.0616 e. The Bertz CT molecular complexity index is 2790. The van der Waals surface area contributed by atoms with Crippen LogP contribution in [0.15, 0.2) is 170 Å². The molecule has 0 nitrogen and oxygen atoms in total. The fraction of sp³-hybridized carbons (Fsp3) is 0.0612. The topological polar surface area (TPSA) is 0 Å². The molecule has 0 unspecified atom stereocenters. The van der Waals surface area contributed by atoms with Crippen LogP contribution < -0.4 is 0 Å². The van der Waals surface area contributed by atoms with E-state index in [9.17, 15) is 0 Å². The quantitative estimate of drug-likeness (QED) is 0.172. The molecule has 0 fully saturated rings. The van der Waals surface area contributed by atoms with Gasteiger partial charge in [0.2, 0.25) is 0 Å². The number of hydrogen-bond acceptors (Lipinski definition) is 0. The maximum absolute atomic E-state index is 2.44. The summed E-state index contributed by atoms with van der Waals surface area (Å²) in [7, 11) is 0. The van der Waals surface area contributed by atoms with Gasteiger partial charge in [0.1, 0.15) is 0 Å². The van der Waals surface area contributed by atoms with Crippen molar-refractivity contribution in [3.05, 3.63) is 181 Å². The van der Waals surface area contributed by atoms with Crippen LogP contribution in [0.4, 0.5) is 0 Å². The number of rotatable bonds is 3. The van der Waals surface area contributed by atoms with Crippen molar-refractivity contribution in [3.8, 4) is 44.5 Å². The third kappa shape index (κ3) is 4.24. The molecule has 9 aromatic carbocycles. The molecule has 0 bridgehead atoms. The summed E-state index contributed by atoms with van der Waals surface area (Å²) in [6.45, 7) is 4.77. The second-order valence-electron chi connectivity index (χ2n) is 14.1. The molecule has 0 radical (unpaired) electrons. The van der Waals surface area contributed by atoms with Gasteiger partial charge in [0.15, 0.2) is 0 Å². The van der Waals surface area contributed by atoms with E-state index in [4.69, 9.17) is 0 Å². The fourth-order valence-electron chi connectivity index (χ4n) is 8.55. The molecule has 10 rings (SSSR count). The minimum atomic E-state index is -0.115. The summed E-state index contributed by atoms with van der Waals surface area (Å²) in [4.78, 5) is 0. The van der Waals surface area contributed by atoms with Crippen LogP contribution in [0.5, 0.6) is 0 Å². The Morgan fingerprint density at radius 1 is 0.306 bits per heavy atom. The standard InChI is InChI=1S/C49H34/c1-49(2)46-29-34(23-25-42(46)43-26-24-36(30-47(43)49)39-20-10-13-31-11-3-5-16-38(31)39)33-14-9-15-35(27-33)45-28-37-22-21-32-12-4-6-17-40(32)48(37)44-19-8-7-18-41(44)45/h3-30H,1-2H3. The molecule has 49 heavy (non-hydrogen) atoms. The second kappa shape index (κ2) is 10.5. The van der Waals surface area contributed by atoms with E-state index in [1.54, 1.807) is 0 Å². The molecule has 0 aromatic heterocycles. The van der Waals surface area contributed by atoms with Crippen LogP contribution in [-0.2, 0) is 5.41 Å². The molecule has 0 aliphatic heterocycles. The van der Waals surface area contributed by atoms with E-state index in [-0.39, 0.29) is 5.41 Å². The predicted octanol–water partition coefficient (Wildman–Crippen LogP) is 13.6. The molecule has 0 saturated heterocycles. The van der Waals surface area contributed by atoms with Crippen LogP contribution in [0.2, 0.25) is 0 Å². The molecule has 1 aliphatic rings. The molecular weight excluding hydrogens is 589 g/mol. The van der Waals surface area contributed by atoms with Crippen molar-refractivity contribution in [1.82, 2.24) is 0 Å². The van der Waals surface area contributed by atoms with E-state index >= 15 is 0 Å². The van der Waals surface area contributed by atoms with Crippen molar-refractivity contribution in [2.75, 3.05) is 0 Å². The molecule has 0 amide bonds. The van der Waals surface area contributed by atoms with Crippen LogP contribution in [0.25, 0.3) is 87.6 Å². The van der Waals surface area contributed by atoms with Crippen LogP contribution in [0.3, 0.4) is 0 Å². The third-order valence-corrected chi connectivity index (χ3v) is 11.0. The lowest BCUT2D eigenvalue weighted by Crippen LogP contribution is -2.15. The van der Waals surface area contributed by atoms with E-state index in [2.05, 4.69) is 184 Å². The van der Waals surface area contributed by atoms with Gasteiger partial charge in [0, 0.05) is 5.41 Å². The lowest BCUT2D eigenvalue weighted by Gasteiger charge is -2.23. The van der Waals surface area contributed by atoms with E-state index < -0.39 is 0 Å². The summed E-state index contributed by atoms with van der Waals surface area (Å²) in [6.07, 6.45) is 0. The van der Waals surface area contributed by atoms with E-state index in [0.29, 0.717) is 0 Å². The van der Waals surface area contributed by atoms with Gasteiger partial charge in [-0.15, -0.1) is 0 Å². The zero-order valence-electron chi connectivity index (χ0n) is 27.7. The van der Waals surface area contributed by atoms with Crippen molar-refractivity contribution in [2.45, 2.75) is 19.3 Å². The van der Waals surface area contributed by atoms with Gasteiger partial charge in [-0.2, -0.15) is 0 Å². The van der Waals surface area contributed by atoms with Crippen LogP contribution in [0.1, 0.15) is 25.0 Å². The minimum absolute atomic E-state index is 0.115. The van der Waals surface area contributed by atoms with Crippen molar-refractivity contribution < 1.29 is 0 Å². The van der Waals surface area contributed by atoms with Gasteiger partial charge in [-0.1, -0.05) is 159 Å². The Labute approximate surface area is 286 Å². The third-order valence-electron chi connectivity index (χ3n) is 11.0. The average molecular weight is 623 g/mol. The average Bonchev–Trinajstić information content (AvgIpc) is 3.39. The van der Waals surface area contributed by atoms with Crippen LogP contribution in [-0.4, -0.2) is 0 Å². The van der Waals surface area contributed by atoms with Crippen LogP contribution >= 0.6 is 0 Å². The molecule has 1 aliphatic carbocycles. The fourth-order valence-corrected chi connectivity index (χ4v) is 8.55. The zero-order valence-corrected chi connectivity index (χ0v) is 27.7. The first-order valence-corrected chi connectivity index (χ1v) is 17.3. The van der Waals surface area contributed by atoms with Gasteiger partial charge in [0.05, 0.1) is 0 Å². The first kappa shape index (κ1) is 28.1. The molecule has 230 valence electrons. The van der Waals surface area contributed by atoms with Crippen molar-refractivity contribution in [3.63, 3.8) is 0 Å².